The molecule has 1 aromatic rings. The van der Waals surface area contributed by atoms with Crippen LogP contribution in [0.3, 0.4) is 0 Å². The van der Waals surface area contributed by atoms with Crippen LogP contribution in [0.2, 0.25) is 5.02 Å². The summed E-state index contributed by atoms with van der Waals surface area (Å²) >= 11 is 6.19. The number of halogens is 1. The Hall–Kier alpha value is -0.770. The molecule has 4 heteroatoms. The smallest absolute Gasteiger partial charge is 0.138 e. The van der Waals surface area contributed by atoms with Crippen LogP contribution in [0.4, 0.5) is 0 Å². The topological polar surface area (TPSA) is 30.5 Å². The Bertz CT molecular complexity index is 358. The lowest BCUT2D eigenvalue weighted by Gasteiger charge is -2.15. The number of ether oxygens (including phenoxy) is 2. The Morgan fingerprint density at radius 3 is 2.78 bits per heavy atom. The molecular formula is C14H22ClNO2. The summed E-state index contributed by atoms with van der Waals surface area (Å²) in [6.45, 7) is 6.50. The van der Waals surface area contributed by atoms with Crippen LogP contribution >= 0.6 is 11.6 Å². The largest absolute Gasteiger partial charge is 0.487 e. The Labute approximate surface area is 114 Å². The van der Waals surface area contributed by atoms with Crippen molar-refractivity contribution in [3.63, 3.8) is 0 Å². The van der Waals surface area contributed by atoms with Crippen molar-refractivity contribution < 1.29 is 9.47 Å². The van der Waals surface area contributed by atoms with Gasteiger partial charge in [-0.15, -0.1) is 0 Å². The minimum atomic E-state index is -0.00318. The summed E-state index contributed by atoms with van der Waals surface area (Å²) in [5.41, 5.74) is 1.17. The summed E-state index contributed by atoms with van der Waals surface area (Å²) in [6, 6.07) is 5.89. The van der Waals surface area contributed by atoms with E-state index in [9.17, 15) is 0 Å². The maximum Gasteiger partial charge on any atom is 0.138 e. The molecule has 1 unspecified atom stereocenters. The highest BCUT2D eigenvalue weighted by Crippen LogP contribution is 2.26. The molecule has 0 heterocycles. The molecule has 0 radical (unpaired) electrons. The third kappa shape index (κ3) is 5.25. The van der Waals surface area contributed by atoms with Crippen molar-refractivity contribution in [3.05, 3.63) is 28.8 Å². The monoisotopic (exact) mass is 271 g/mol. The Morgan fingerprint density at radius 1 is 1.39 bits per heavy atom. The van der Waals surface area contributed by atoms with Crippen molar-refractivity contribution in [2.45, 2.75) is 32.9 Å². The molecule has 0 amide bonds. The summed E-state index contributed by atoms with van der Waals surface area (Å²) in [5.74, 6) is 0.709. The lowest BCUT2D eigenvalue weighted by Crippen LogP contribution is -2.18. The Morgan fingerprint density at radius 2 is 2.17 bits per heavy atom. The van der Waals surface area contributed by atoms with Crippen LogP contribution in [-0.4, -0.2) is 26.4 Å². The molecule has 1 N–H and O–H groups in total. The fourth-order valence-electron chi connectivity index (χ4n) is 1.64. The van der Waals surface area contributed by atoms with Gasteiger partial charge in [0.25, 0.3) is 0 Å². The van der Waals surface area contributed by atoms with Crippen molar-refractivity contribution >= 4 is 11.6 Å². The average Bonchev–Trinajstić information content (AvgIpc) is 2.33. The van der Waals surface area contributed by atoms with E-state index in [1.165, 1.54) is 5.56 Å². The van der Waals surface area contributed by atoms with Gasteiger partial charge >= 0.3 is 0 Å². The molecule has 0 aliphatic heterocycles. The standard InChI is InChI=1S/C14H22ClNO2/c1-4-7-16-9-12-5-6-14(13(15)8-12)18-11(2)10-17-3/h5-6,8,11,16H,4,7,9-10H2,1-3H3. The zero-order valence-corrected chi connectivity index (χ0v) is 12.1. The molecule has 3 nitrogen and oxygen atoms in total. The van der Waals surface area contributed by atoms with Crippen molar-refractivity contribution in [1.29, 1.82) is 0 Å². The second-order valence-corrected chi connectivity index (χ2v) is 4.73. The number of hydrogen-bond donors (Lipinski definition) is 1. The molecule has 1 atom stereocenters. The van der Waals surface area contributed by atoms with Gasteiger partial charge in [-0.3, -0.25) is 0 Å². The second kappa shape index (κ2) is 8.35. The second-order valence-electron chi connectivity index (χ2n) is 4.33. The van der Waals surface area contributed by atoms with E-state index in [0.29, 0.717) is 17.4 Å². The van der Waals surface area contributed by atoms with E-state index >= 15 is 0 Å². The van der Waals surface area contributed by atoms with Gasteiger partial charge < -0.3 is 14.8 Å². The first kappa shape index (κ1) is 15.3. The molecule has 0 saturated carbocycles. The summed E-state index contributed by atoms with van der Waals surface area (Å²) in [4.78, 5) is 0. The van der Waals surface area contributed by atoms with Crippen LogP contribution in [-0.2, 0) is 11.3 Å². The molecule has 102 valence electrons. The van der Waals surface area contributed by atoms with Crippen LogP contribution in [0.1, 0.15) is 25.8 Å². The van der Waals surface area contributed by atoms with Crippen molar-refractivity contribution in [3.8, 4) is 5.75 Å². The number of benzene rings is 1. The van der Waals surface area contributed by atoms with E-state index in [2.05, 4.69) is 12.2 Å². The Balaban J connectivity index is 2.56. The van der Waals surface area contributed by atoms with E-state index in [4.69, 9.17) is 21.1 Å². The average molecular weight is 272 g/mol. The first-order valence-corrected chi connectivity index (χ1v) is 6.70. The summed E-state index contributed by atoms with van der Waals surface area (Å²) in [7, 11) is 1.66. The van der Waals surface area contributed by atoms with Gasteiger partial charge in [0, 0.05) is 13.7 Å². The molecular weight excluding hydrogens is 250 g/mol. The van der Waals surface area contributed by atoms with Crippen molar-refractivity contribution in [2.24, 2.45) is 0 Å². The van der Waals surface area contributed by atoms with Gasteiger partial charge in [0.15, 0.2) is 0 Å². The molecule has 0 fully saturated rings. The van der Waals surface area contributed by atoms with Gasteiger partial charge in [-0.2, -0.15) is 0 Å². The normalized spacial score (nSPS) is 12.4. The molecule has 0 aromatic heterocycles. The number of hydrogen-bond acceptors (Lipinski definition) is 3. The molecule has 0 spiro atoms. The first-order chi connectivity index (χ1) is 8.67. The van der Waals surface area contributed by atoms with E-state index in [-0.39, 0.29) is 6.10 Å². The fourth-order valence-corrected chi connectivity index (χ4v) is 1.89. The van der Waals surface area contributed by atoms with Crippen molar-refractivity contribution in [2.75, 3.05) is 20.3 Å². The van der Waals surface area contributed by atoms with E-state index < -0.39 is 0 Å². The van der Waals surface area contributed by atoms with Gasteiger partial charge in [0.05, 0.1) is 11.6 Å². The van der Waals surface area contributed by atoms with Crippen LogP contribution < -0.4 is 10.1 Å². The predicted molar refractivity (Wildman–Crippen MR) is 75.4 cm³/mol. The zero-order valence-electron chi connectivity index (χ0n) is 11.3. The van der Waals surface area contributed by atoms with Crippen LogP contribution in [0, 0.1) is 0 Å². The van der Waals surface area contributed by atoms with E-state index in [1.807, 2.05) is 25.1 Å². The Kier molecular flexibility index (Phi) is 7.09. The van der Waals surface area contributed by atoms with Crippen molar-refractivity contribution in [1.82, 2.24) is 5.32 Å². The highest BCUT2D eigenvalue weighted by atomic mass is 35.5. The fraction of sp³-hybridized carbons (Fsp3) is 0.571. The lowest BCUT2D eigenvalue weighted by molar-refractivity contribution is 0.0921. The number of nitrogens with one attached hydrogen (secondary N) is 1. The quantitative estimate of drug-likeness (QED) is 0.736. The van der Waals surface area contributed by atoms with E-state index in [1.54, 1.807) is 7.11 Å². The SMILES string of the molecule is CCCNCc1ccc(OC(C)COC)c(Cl)c1. The molecule has 0 bridgehead atoms. The van der Waals surface area contributed by atoms with Gasteiger partial charge in [-0.05, 0) is 37.6 Å². The third-order valence-corrected chi connectivity index (χ3v) is 2.78. The maximum atomic E-state index is 6.19. The lowest BCUT2D eigenvalue weighted by atomic mass is 10.2. The van der Waals surface area contributed by atoms with Gasteiger partial charge in [-0.25, -0.2) is 0 Å². The van der Waals surface area contributed by atoms with Gasteiger partial charge in [0.2, 0.25) is 0 Å². The molecule has 0 aliphatic carbocycles. The summed E-state index contributed by atoms with van der Waals surface area (Å²) < 4.78 is 10.7. The number of methoxy groups -OCH3 is 1. The van der Waals surface area contributed by atoms with Crippen LogP contribution in [0.5, 0.6) is 5.75 Å². The molecule has 18 heavy (non-hydrogen) atoms. The first-order valence-electron chi connectivity index (χ1n) is 6.32. The van der Waals surface area contributed by atoms with Gasteiger partial charge in [-0.1, -0.05) is 24.6 Å². The van der Waals surface area contributed by atoms with Gasteiger partial charge in [0.1, 0.15) is 11.9 Å². The summed E-state index contributed by atoms with van der Waals surface area (Å²) in [5, 5.41) is 3.99. The molecule has 1 aromatic carbocycles. The molecule has 0 aliphatic rings. The maximum absolute atomic E-state index is 6.19. The minimum absolute atomic E-state index is 0.00318. The zero-order chi connectivity index (χ0) is 13.4. The highest BCUT2D eigenvalue weighted by molar-refractivity contribution is 6.32. The third-order valence-electron chi connectivity index (χ3n) is 2.48. The minimum Gasteiger partial charge on any atom is -0.487 e. The van der Waals surface area contributed by atoms with E-state index in [0.717, 1.165) is 19.5 Å². The molecule has 1 rings (SSSR count). The van der Waals surface area contributed by atoms with Crippen LogP contribution in [0.25, 0.3) is 0 Å². The number of rotatable bonds is 8. The molecule has 0 saturated heterocycles. The van der Waals surface area contributed by atoms with Crippen LogP contribution in [0.15, 0.2) is 18.2 Å². The predicted octanol–water partition coefficient (Wildman–Crippen LogP) is 3.25. The summed E-state index contributed by atoms with van der Waals surface area (Å²) in [6.07, 6.45) is 1.13. The highest BCUT2D eigenvalue weighted by Gasteiger charge is 2.07.